The number of carboxylic acids is 1. The molecule has 1 aromatic carbocycles. The van der Waals surface area contributed by atoms with E-state index in [9.17, 15) is 9.59 Å². The van der Waals surface area contributed by atoms with E-state index < -0.39 is 12.1 Å². The van der Waals surface area contributed by atoms with Crippen molar-refractivity contribution < 1.29 is 19.4 Å². The molecule has 2 atom stereocenters. The van der Waals surface area contributed by atoms with Gasteiger partial charge < -0.3 is 14.7 Å². The van der Waals surface area contributed by atoms with Crippen LogP contribution in [0.2, 0.25) is 0 Å². The topological polar surface area (TPSA) is 79.7 Å². The summed E-state index contributed by atoms with van der Waals surface area (Å²) >= 11 is 1.41. The molecule has 2 heterocycles. The highest BCUT2D eigenvalue weighted by molar-refractivity contribution is 7.13. The summed E-state index contributed by atoms with van der Waals surface area (Å²) in [6.07, 6.45) is -1.32. The fraction of sp³-hybridized carbons (Fsp3) is 0.421. The highest BCUT2D eigenvalue weighted by Crippen LogP contribution is 2.26. The molecule has 3 rings (SSSR count). The van der Waals surface area contributed by atoms with E-state index in [-0.39, 0.29) is 18.6 Å². The molecule has 1 amide bonds. The molecule has 6 nitrogen and oxygen atoms in total. The Morgan fingerprint density at radius 1 is 1.27 bits per heavy atom. The van der Waals surface area contributed by atoms with Crippen molar-refractivity contribution in [2.24, 2.45) is 0 Å². The summed E-state index contributed by atoms with van der Waals surface area (Å²) in [4.78, 5) is 29.9. The molecule has 0 spiro atoms. The molecular weight excluding hydrogens is 352 g/mol. The maximum absolute atomic E-state index is 12.7. The van der Waals surface area contributed by atoms with E-state index in [4.69, 9.17) is 9.84 Å². The smallest absolute Gasteiger partial charge is 0.334 e. The zero-order chi connectivity index (χ0) is 18.8. The first kappa shape index (κ1) is 18.5. The molecule has 2 aromatic rings. The number of benzene rings is 1. The number of hydrogen-bond acceptors (Lipinski definition) is 5. The van der Waals surface area contributed by atoms with Gasteiger partial charge in [0, 0.05) is 17.5 Å². The number of aromatic nitrogens is 1. The van der Waals surface area contributed by atoms with Gasteiger partial charge in [-0.15, -0.1) is 11.3 Å². The van der Waals surface area contributed by atoms with Crippen LogP contribution in [0.1, 0.15) is 42.7 Å². The lowest BCUT2D eigenvalue weighted by atomic mass is 10.0. The molecule has 1 aliphatic rings. The molecular formula is C19H22N2O4S. The number of amides is 1. The predicted octanol–water partition coefficient (Wildman–Crippen LogP) is 3.25. The fourth-order valence-electron chi connectivity index (χ4n) is 2.93. The summed E-state index contributed by atoms with van der Waals surface area (Å²) in [6.45, 7) is 6.44. The zero-order valence-corrected chi connectivity index (χ0v) is 15.8. The SMILES string of the molecule is CC(C)c1ccc(-c2nc(C(=O)N3CC(C(=O)O)O[C@H](C)C3)cs2)cc1. The first-order valence-corrected chi connectivity index (χ1v) is 9.46. The lowest BCUT2D eigenvalue weighted by Crippen LogP contribution is -2.51. The molecule has 0 radical (unpaired) electrons. The summed E-state index contributed by atoms with van der Waals surface area (Å²) in [6, 6.07) is 8.17. The molecule has 1 saturated heterocycles. The Labute approximate surface area is 156 Å². The van der Waals surface area contributed by atoms with Crippen molar-refractivity contribution in [1.82, 2.24) is 9.88 Å². The second-order valence-corrected chi connectivity index (χ2v) is 7.66. The molecule has 7 heteroatoms. The third-order valence-electron chi connectivity index (χ3n) is 4.37. The van der Waals surface area contributed by atoms with Crippen LogP contribution >= 0.6 is 11.3 Å². The molecule has 26 heavy (non-hydrogen) atoms. The summed E-state index contributed by atoms with van der Waals surface area (Å²) in [5, 5.41) is 11.7. The summed E-state index contributed by atoms with van der Waals surface area (Å²) < 4.78 is 5.36. The lowest BCUT2D eigenvalue weighted by Gasteiger charge is -2.34. The van der Waals surface area contributed by atoms with E-state index in [1.165, 1.54) is 21.8 Å². The van der Waals surface area contributed by atoms with Crippen LogP contribution in [-0.2, 0) is 9.53 Å². The zero-order valence-electron chi connectivity index (χ0n) is 15.0. The number of rotatable bonds is 4. The van der Waals surface area contributed by atoms with Crippen LogP contribution in [0.3, 0.4) is 0 Å². The van der Waals surface area contributed by atoms with Gasteiger partial charge in [-0.3, -0.25) is 4.79 Å². The molecule has 0 aliphatic carbocycles. The average Bonchev–Trinajstić information content (AvgIpc) is 3.10. The minimum Gasteiger partial charge on any atom is -0.479 e. The monoisotopic (exact) mass is 374 g/mol. The minimum atomic E-state index is -1.06. The predicted molar refractivity (Wildman–Crippen MR) is 99.5 cm³/mol. The van der Waals surface area contributed by atoms with Crippen molar-refractivity contribution >= 4 is 23.2 Å². The van der Waals surface area contributed by atoms with Crippen LogP contribution in [0.5, 0.6) is 0 Å². The first-order chi connectivity index (χ1) is 12.3. The van der Waals surface area contributed by atoms with E-state index in [1.54, 1.807) is 12.3 Å². The molecule has 0 bridgehead atoms. The molecule has 1 unspecified atom stereocenters. The second-order valence-electron chi connectivity index (χ2n) is 6.80. The van der Waals surface area contributed by atoms with Crippen LogP contribution < -0.4 is 0 Å². The number of thiazole rings is 1. The second kappa shape index (κ2) is 7.55. The van der Waals surface area contributed by atoms with Gasteiger partial charge in [-0.05, 0) is 18.4 Å². The quantitative estimate of drug-likeness (QED) is 0.889. The lowest BCUT2D eigenvalue weighted by molar-refractivity contribution is -0.160. The maximum Gasteiger partial charge on any atom is 0.334 e. The Kier molecular flexibility index (Phi) is 5.38. The van der Waals surface area contributed by atoms with Crippen LogP contribution in [0, 0.1) is 0 Å². The normalized spacial score (nSPS) is 20.4. The minimum absolute atomic E-state index is 0.0362. The maximum atomic E-state index is 12.7. The molecule has 1 N–H and O–H groups in total. The van der Waals surface area contributed by atoms with Gasteiger partial charge in [-0.2, -0.15) is 0 Å². The van der Waals surface area contributed by atoms with Gasteiger partial charge in [0.05, 0.1) is 12.6 Å². The molecule has 138 valence electrons. The van der Waals surface area contributed by atoms with Gasteiger partial charge in [0.25, 0.3) is 5.91 Å². The summed E-state index contributed by atoms with van der Waals surface area (Å²) in [5.74, 6) is -0.853. The molecule has 1 aliphatic heterocycles. The first-order valence-electron chi connectivity index (χ1n) is 8.58. The number of morpholine rings is 1. The Morgan fingerprint density at radius 2 is 1.96 bits per heavy atom. The van der Waals surface area contributed by atoms with Gasteiger partial charge in [0.15, 0.2) is 6.10 Å². The van der Waals surface area contributed by atoms with Crippen LogP contribution in [0.15, 0.2) is 29.6 Å². The number of hydrogen-bond donors (Lipinski definition) is 1. The third kappa shape index (κ3) is 3.94. The fourth-order valence-corrected chi connectivity index (χ4v) is 3.73. The van der Waals surface area contributed by atoms with Crippen molar-refractivity contribution in [3.05, 3.63) is 40.9 Å². The Balaban J connectivity index is 1.76. The highest BCUT2D eigenvalue weighted by Gasteiger charge is 2.33. The number of carbonyl (C=O) groups excluding carboxylic acids is 1. The van der Waals surface area contributed by atoms with Crippen molar-refractivity contribution in [3.63, 3.8) is 0 Å². The van der Waals surface area contributed by atoms with Gasteiger partial charge in [-0.25, -0.2) is 9.78 Å². The summed E-state index contributed by atoms with van der Waals surface area (Å²) in [7, 11) is 0. The largest absolute Gasteiger partial charge is 0.479 e. The average molecular weight is 374 g/mol. The van der Waals surface area contributed by atoms with Crippen molar-refractivity contribution in [2.45, 2.75) is 38.9 Å². The van der Waals surface area contributed by atoms with E-state index in [0.29, 0.717) is 18.2 Å². The standard InChI is InChI=1S/C19H22N2O4S/c1-11(2)13-4-6-14(7-5-13)17-20-15(10-26-17)18(22)21-8-12(3)25-16(9-21)19(23)24/h4-7,10-12,16H,8-9H2,1-3H3,(H,23,24)/t12-,16?/m1/s1. The third-order valence-corrected chi connectivity index (χ3v) is 5.26. The van der Waals surface area contributed by atoms with Crippen molar-refractivity contribution in [2.75, 3.05) is 13.1 Å². The highest BCUT2D eigenvalue weighted by atomic mass is 32.1. The number of nitrogens with zero attached hydrogens (tertiary/aromatic N) is 2. The van der Waals surface area contributed by atoms with E-state index in [0.717, 1.165) is 10.6 Å². The van der Waals surface area contributed by atoms with Gasteiger partial charge in [-0.1, -0.05) is 38.1 Å². The Bertz CT molecular complexity index is 800. The molecule has 1 aromatic heterocycles. The summed E-state index contributed by atoms with van der Waals surface area (Å²) in [5.41, 5.74) is 2.57. The van der Waals surface area contributed by atoms with E-state index in [2.05, 4.69) is 31.0 Å². The van der Waals surface area contributed by atoms with Gasteiger partial charge >= 0.3 is 5.97 Å². The van der Waals surface area contributed by atoms with Crippen molar-refractivity contribution in [1.29, 1.82) is 0 Å². The van der Waals surface area contributed by atoms with Crippen molar-refractivity contribution in [3.8, 4) is 10.6 Å². The number of carboxylic acid groups (broad SMARTS) is 1. The van der Waals surface area contributed by atoms with Gasteiger partial charge in [0.2, 0.25) is 0 Å². The Morgan fingerprint density at radius 3 is 2.58 bits per heavy atom. The van der Waals surface area contributed by atoms with E-state index in [1.807, 2.05) is 12.1 Å². The number of ether oxygens (including phenoxy) is 1. The van der Waals surface area contributed by atoms with Crippen LogP contribution in [0.25, 0.3) is 10.6 Å². The van der Waals surface area contributed by atoms with Crippen LogP contribution in [0.4, 0.5) is 0 Å². The number of carbonyl (C=O) groups is 2. The van der Waals surface area contributed by atoms with Gasteiger partial charge in [0.1, 0.15) is 10.7 Å². The van der Waals surface area contributed by atoms with Crippen LogP contribution in [-0.4, -0.2) is 52.2 Å². The Hall–Kier alpha value is -2.25. The molecule has 1 fully saturated rings. The number of aliphatic carboxylic acids is 1. The van der Waals surface area contributed by atoms with E-state index >= 15 is 0 Å². The molecule has 0 saturated carbocycles.